The van der Waals surface area contributed by atoms with Crippen LogP contribution in [0.3, 0.4) is 0 Å². The lowest BCUT2D eigenvalue weighted by atomic mass is 9.77. The normalized spacial score (nSPS) is 20.1. The second kappa shape index (κ2) is 5.82. The quantitative estimate of drug-likeness (QED) is 0.908. The molecular weight excluding hydrogens is 300 g/mol. The van der Waals surface area contributed by atoms with Gasteiger partial charge in [-0.2, -0.15) is 5.26 Å². The first-order chi connectivity index (χ1) is 10.7. The van der Waals surface area contributed by atoms with Crippen molar-refractivity contribution in [2.24, 2.45) is 10.9 Å². The SMILES string of the molecule is CCCC1=Nc2[nH][nH]c(=O)c2C(c2ccccc2Cl)C1C#N. The van der Waals surface area contributed by atoms with E-state index in [1.807, 2.05) is 25.1 Å². The van der Waals surface area contributed by atoms with Crippen molar-refractivity contribution < 1.29 is 0 Å². The smallest absolute Gasteiger partial charge is 0.270 e. The van der Waals surface area contributed by atoms with Crippen molar-refractivity contribution in [3.05, 3.63) is 50.8 Å². The first-order valence-corrected chi connectivity index (χ1v) is 7.57. The van der Waals surface area contributed by atoms with Crippen LogP contribution < -0.4 is 5.56 Å². The van der Waals surface area contributed by atoms with E-state index in [-0.39, 0.29) is 5.56 Å². The fourth-order valence-electron chi connectivity index (χ4n) is 2.99. The summed E-state index contributed by atoms with van der Waals surface area (Å²) in [6.45, 7) is 2.04. The van der Waals surface area contributed by atoms with Crippen LogP contribution in [0.5, 0.6) is 0 Å². The van der Waals surface area contributed by atoms with E-state index in [4.69, 9.17) is 11.6 Å². The van der Waals surface area contributed by atoms with Gasteiger partial charge in [-0.1, -0.05) is 43.1 Å². The van der Waals surface area contributed by atoms with Crippen molar-refractivity contribution in [2.45, 2.75) is 25.7 Å². The average Bonchev–Trinajstić information content (AvgIpc) is 2.88. The number of aromatic nitrogens is 2. The van der Waals surface area contributed by atoms with Crippen LogP contribution in [-0.2, 0) is 0 Å². The van der Waals surface area contributed by atoms with Crippen LogP contribution in [-0.4, -0.2) is 15.9 Å². The summed E-state index contributed by atoms with van der Waals surface area (Å²) in [7, 11) is 0. The Morgan fingerprint density at radius 3 is 2.82 bits per heavy atom. The van der Waals surface area contributed by atoms with Crippen LogP contribution in [0.1, 0.15) is 36.8 Å². The maximum absolute atomic E-state index is 12.2. The lowest BCUT2D eigenvalue weighted by Gasteiger charge is -2.27. The van der Waals surface area contributed by atoms with Crippen LogP contribution >= 0.6 is 11.6 Å². The summed E-state index contributed by atoms with van der Waals surface area (Å²) in [5.74, 6) is -0.378. The Bertz CT molecular complexity index is 827. The molecule has 2 heterocycles. The number of halogens is 1. The minimum absolute atomic E-state index is 0.250. The number of aromatic amines is 2. The van der Waals surface area contributed by atoms with Gasteiger partial charge < -0.3 is 0 Å². The molecule has 0 radical (unpaired) electrons. The van der Waals surface area contributed by atoms with Gasteiger partial charge in [-0.25, -0.2) is 4.99 Å². The van der Waals surface area contributed by atoms with Gasteiger partial charge in [0.1, 0.15) is 0 Å². The van der Waals surface area contributed by atoms with Crippen molar-refractivity contribution in [1.29, 1.82) is 5.26 Å². The molecule has 6 heteroatoms. The Kier molecular flexibility index (Phi) is 3.86. The molecule has 1 aliphatic heterocycles. The van der Waals surface area contributed by atoms with Gasteiger partial charge in [0.15, 0.2) is 5.82 Å². The van der Waals surface area contributed by atoms with Crippen molar-refractivity contribution in [3.8, 4) is 6.07 Å². The molecule has 2 N–H and O–H groups in total. The van der Waals surface area contributed by atoms with Crippen LogP contribution in [0.2, 0.25) is 5.02 Å². The van der Waals surface area contributed by atoms with Crippen LogP contribution in [0.25, 0.3) is 0 Å². The lowest BCUT2D eigenvalue weighted by molar-refractivity contribution is 0.696. The molecule has 0 bridgehead atoms. The van der Waals surface area contributed by atoms with E-state index < -0.39 is 11.8 Å². The molecule has 1 aromatic carbocycles. The fraction of sp³-hybridized carbons (Fsp3) is 0.312. The third-order valence-corrected chi connectivity index (χ3v) is 4.28. The zero-order chi connectivity index (χ0) is 15.7. The highest BCUT2D eigenvalue weighted by Gasteiger charge is 2.38. The molecule has 0 saturated heterocycles. The van der Waals surface area contributed by atoms with E-state index in [0.717, 1.165) is 17.7 Å². The van der Waals surface area contributed by atoms with Gasteiger partial charge in [0.25, 0.3) is 5.56 Å². The maximum atomic E-state index is 12.2. The largest absolute Gasteiger partial charge is 0.281 e. The number of H-pyrrole nitrogens is 2. The number of nitrogens with zero attached hydrogens (tertiary/aromatic N) is 2. The van der Waals surface area contributed by atoms with Crippen LogP contribution in [0.15, 0.2) is 34.1 Å². The van der Waals surface area contributed by atoms with Crippen molar-refractivity contribution >= 4 is 23.1 Å². The van der Waals surface area contributed by atoms with Gasteiger partial charge in [-0.3, -0.25) is 15.0 Å². The zero-order valence-corrected chi connectivity index (χ0v) is 12.8. The molecule has 1 aromatic heterocycles. The summed E-state index contributed by atoms with van der Waals surface area (Å²) in [5.41, 5.74) is 1.81. The molecular formula is C16H15ClN4O. The summed E-state index contributed by atoms with van der Waals surface area (Å²) >= 11 is 6.32. The summed E-state index contributed by atoms with van der Waals surface area (Å²) in [6, 6.07) is 9.65. The zero-order valence-electron chi connectivity index (χ0n) is 12.1. The first-order valence-electron chi connectivity index (χ1n) is 7.19. The Labute approximate surface area is 132 Å². The maximum Gasteiger partial charge on any atom is 0.270 e. The molecule has 2 atom stereocenters. The van der Waals surface area contributed by atoms with E-state index in [2.05, 4.69) is 21.3 Å². The summed E-state index contributed by atoms with van der Waals surface area (Å²) in [5, 5.41) is 15.6. The number of benzene rings is 1. The standard InChI is InChI=1S/C16H15ClN4O/c1-2-5-12-10(8-18)13(9-6-3-4-7-11(9)17)14-15(19-12)20-21-16(14)22/h3-4,6-7,10,13H,2,5H2,1H3,(H2,20,21,22). The van der Waals surface area contributed by atoms with Crippen molar-refractivity contribution in [1.82, 2.24) is 10.2 Å². The van der Waals surface area contributed by atoms with Crippen molar-refractivity contribution in [2.75, 3.05) is 0 Å². The van der Waals surface area contributed by atoms with Crippen LogP contribution in [0.4, 0.5) is 5.82 Å². The minimum Gasteiger partial charge on any atom is -0.281 e. The van der Waals surface area contributed by atoms with E-state index >= 15 is 0 Å². The van der Waals surface area contributed by atoms with Gasteiger partial charge in [0.2, 0.25) is 0 Å². The first kappa shape index (κ1) is 14.6. The Hall–Kier alpha value is -2.32. The predicted octanol–water partition coefficient (Wildman–Crippen LogP) is 3.51. The second-order valence-electron chi connectivity index (χ2n) is 5.30. The molecule has 0 fully saturated rings. The van der Waals surface area contributed by atoms with E-state index in [1.54, 1.807) is 6.07 Å². The monoisotopic (exact) mass is 314 g/mol. The molecule has 3 rings (SSSR count). The fourth-order valence-corrected chi connectivity index (χ4v) is 3.24. The molecule has 0 amide bonds. The molecule has 2 unspecified atom stereocenters. The average molecular weight is 315 g/mol. The molecule has 112 valence electrons. The third kappa shape index (κ3) is 2.26. The molecule has 0 aliphatic carbocycles. The van der Waals surface area contributed by atoms with E-state index in [9.17, 15) is 10.1 Å². The number of hydrogen-bond donors (Lipinski definition) is 2. The van der Waals surface area contributed by atoms with Crippen molar-refractivity contribution in [3.63, 3.8) is 0 Å². The highest BCUT2D eigenvalue weighted by atomic mass is 35.5. The summed E-state index contributed by atoms with van der Waals surface area (Å²) < 4.78 is 0. The molecule has 0 spiro atoms. The Balaban J connectivity index is 2.24. The van der Waals surface area contributed by atoms with Gasteiger partial charge in [-0.15, -0.1) is 0 Å². The van der Waals surface area contributed by atoms with E-state index in [1.165, 1.54) is 0 Å². The molecule has 1 aliphatic rings. The molecule has 0 saturated carbocycles. The van der Waals surface area contributed by atoms with Crippen LogP contribution in [0, 0.1) is 17.2 Å². The number of nitriles is 1. The number of aliphatic imine (C=N–C) groups is 1. The third-order valence-electron chi connectivity index (χ3n) is 3.94. The Morgan fingerprint density at radius 2 is 2.14 bits per heavy atom. The van der Waals surface area contributed by atoms with Gasteiger partial charge >= 0.3 is 0 Å². The highest BCUT2D eigenvalue weighted by molar-refractivity contribution is 6.31. The number of fused-ring (bicyclic) bond motifs is 1. The topological polar surface area (TPSA) is 84.8 Å². The minimum atomic E-state index is -0.482. The molecule has 5 nitrogen and oxygen atoms in total. The molecule has 2 aromatic rings. The second-order valence-corrected chi connectivity index (χ2v) is 5.71. The van der Waals surface area contributed by atoms with Gasteiger partial charge in [0, 0.05) is 16.7 Å². The predicted molar refractivity (Wildman–Crippen MR) is 85.8 cm³/mol. The van der Waals surface area contributed by atoms with Gasteiger partial charge in [0.05, 0.1) is 17.6 Å². The number of rotatable bonds is 3. The number of nitrogens with one attached hydrogen (secondary N) is 2. The summed E-state index contributed by atoms with van der Waals surface area (Å²) in [6.07, 6.45) is 1.60. The summed E-state index contributed by atoms with van der Waals surface area (Å²) in [4.78, 5) is 16.7. The Morgan fingerprint density at radius 1 is 1.36 bits per heavy atom. The lowest BCUT2D eigenvalue weighted by Crippen LogP contribution is -2.28. The van der Waals surface area contributed by atoms with E-state index in [0.29, 0.717) is 22.8 Å². The highest BCUT2D eigenvalue weighted by Crippen LogP contribution is 2.42. The molecule has 22 heavy (non-hydrogen) atoms. The number of hydrogen-bond acceptors (Lipinski definition) is 3. The van der Waals surface area contributed by atoms with Gasteiger partial charge in [-0.05, 0) is 18.1 Å².